The Morgan fingerprint density at radius 2 is 2.17 bits per heavy atom. The van der Waals surface area contributed by atoms with Crippen LogP contribution in [-0.4, -0.2) is 82.1 Å². The summed E-state index contributed by atoms with van der Waals surface area (Å²) < 4.78 is 7.18. The van der Waals surface area contributed by atoms with Gasteiger partial charge in [0.25, 0.3) is 0 Å². The van der Waals surface area contributed by atoms with E-state index in [0.29, 0.717) is 39.0 Å². The molecule has 0 radical (unpaired) electrons. The van der Waals surface area contributed by atoms with Crippen molar-refractivity contribution in [3.63, 3.8) is 0 Å². The van der Waals surface area contributed by atoms with E-state index in [4.69, 9.17) is 4.74 Å². The summed E-state index contributed by atoms with van der Waals surface area (Å²) in [5, 5.41) is 15.0. The van der Waals surface area contributed by atoms with Crippen molar-refractivity contribution in [3.05, 3.63) is 18.0 Å². The number of hydrogen-bond acceptors (Lipinski definition) is 5. The number of carbonyl (C=O) groups is 1. The summed E-state index contributed by atoms with van der Waals surface area (Å²) in [5.41, 5.74) is 0.275. The third-order valence-corrected chi connectivity index (χ3v) is 4.77. The normalized spacial score (nSPS) is 25.9. The lowest BCUT2D eigenvalue weighted by Gasteiger charge is -2.33. The van der Waals surface area contributed by atoms with Gasteiger partial charge < -0.3 is 14.7 Å². The van der Waals surface area contributed by atoms with Crippen LogP contribution in [0.3, 0.4) is 0 Å². The predicted molar refractivity (Wildman–Crippen MR) is 85.0 cm³/mol. The number of ether oxygens (including phenoxy) is 1. The van der Waals surface area contributed by atoms with Gasteiger partial charge in [-0.2, -0.15) is 5.10 Å². The molecule has 7 heteroatoms. The first kappa shape index (κ1) is 16.4. The van der Waals surface area contributed by atoms with Crippen LogP contribution in [0.15, 0.2) is 12.3 Å². The van der Waals surface area contributed by atoms with E-state index >= 15 is 0 Å². The Bertz CT molecular complexity index is 541. The van der Waals surface area contributed by atoms with Crippen LogP contribution in [0.4, 0.5) is 0 Å². The molecule has 7 nitrogen and oxygen atoms in total. The van der Waals surface area contributed by atoms with Gasteiger partial charge in [0.05, 0.1) is 25.4 Å². The van der Waals surface area contributed by atoms with Gasteiger partial charge in [0.2, 0.25) is 5.91 Å². The molecule has 0 aromatic carbocycles. The van der Waals surface area contributed by atoms with Gasteiger partial charge in [-0.1, -0.05) is 0 Å². The minimum Gasteiger partial charge on any atom is -0.387 e. The number of amides is 1. The fourth-order valence-corrected chi connectivity index (χ4v) is 3.37. The van der Waals surface area contributed by atoms with Crippen molar-refractivity contribution in [1.82, 2.24) is 19.6 Å². The molecule has 3 rings (SSSR count). The van der Waals surface area contributed by atoms with Gasteiger partial charge in [0, 0.05) is 51.0 Å². The van der Waals surface area contributed by atoms with Crippen LogP contribution in [0.2, 0.25) is 0 Å². The summed E-state index contributed by atoms with van der Waals surface area (Å²) in [6.45, 7) is 7.43. The highest BCUT2D eigenvalue weighted by Crippen LogP contribution is 2.23. The molecule has 0 bridgehead atoms. The van der Waals surface area contributed by atoms with Gasteiger partial charge >= 0.3 is 0 Å². The SMILES string of the molecule is Cc1ccnn1CCC(=O)N1CC[C@](O)(CN2CCOCC2)C1. The first-order valence-electron chi connectivity index (χ1n) is 8.34. The van der Waals surface area contributed by atoms with E-state index in [-0.39, 0.29) is 5.91 Å². The molecule has 0 spiro atoms. The minimum atomic E-state index is -0.783. The number of β-amino-alcohol motifs (C(OH)–C–C–N with tert-alkyl or cyclic N) is 1. The zero-order valence-corrected chi connectivity index (χ0v) is 13.8. The number of rotatable bonds is 5. The number of aliphatic hydroxyl groups is 1. The lowest BCUT2D eigenvalue weighted by atomic mass is 10.0. The molecule has 3 heterocycles. The average molecular weight is 322 g/mol. The van der Waals surface area contributed by atoms with Crippen LogP contribution >= 0.6 is 0 Å². The molecule has 23 heavy (non-hydrogen) atoms. The second kappa shape index (κ2) is 6.98. The maximum atomic E-state index is 12.4. The standard InChI is InChI=1S/C16H26N4O3/c1-14-2-5-17-20(14)6-3-15(21)19-7-4-16(22,13-19)12-18-8-10-23-11-9-18/h2,5,22H,3-4,6-13H2,1H3/t16-/m0/s1. The largest absolute Gasteiger partial charge is 0.387 e. The van der Waals surface area contributed by atoms with E-state index in [2.05, 4.69) is 10.00 Å². The van der Waals surface area contributed by atoms with Crippen molar-refractivity contribution in [2.75, 3.05) is 45.9 Å². The molecule has 0 unspecified atom stereocenters. The van der Waals surface area contributed by atoms with Crippen LogP contribution in [0.5, 0.6) is 0 Å². The number of aryl methyl sites for hydroxylation is 2. The second-order valence-electron chi connectivity index (χ2n) is 6.62. The van der Waals surface area contributed by atoms with E-state index in [1.807, 2.05) is 17.7 Å². The number of nitrogens with zero attached hydrogens (tertiary/aromatic N) is 4. The van der Waals surface area contributed by atoms with Crippen molar-refractivity contribution in [2.24, 2.45) is 0 Å². The Balaban J connectivity index is 1.48. The molecule has 2 fully saturated rings. The van der Waals surface area contributed by atoms with Gasteiger partial charge in [-0.3, -0.25) is 14.4 Å². The molecular weight excluding hydrogens is 296 g/mol. The number of aromatic nitrogens is 2. The molecular formula is C16H26N4O3. The maximum absolute atomic E-state index is 12.4. The number of carbonyl (C=O) groups excluding carboxylic acids is 1. The minimum absolute atomic E-state index is 0.0952. The molecule has 1 aromatic rings. The predicted octanol–water partition coefficient (Wildman–Crippen LogP) is -0.123. The third kappa shape index (κ3) is 4.10. The summed E-state index contributed by atoms with van der Waals surface area (Å²) in [6, 6.07) is 1.93. The van der Waals surface area contributed by atoms with Crippen molar-refractivity contribution >= 4 is 5.91 Å². The molecule has 1 amide bonds. The Kier molecular flexibility index (Phi) is 4.99. The summed E-state index contributed by atoms with van der Waals surface area (Å²) in [7, 11) is 0. The highest BCUT2D eigenvalue weighted by Gasteiger charge is 2.39. The van der Waals surface area contributed by atoms with Gasteiger partial charge in [-0.15, -0.1) is 0 Å². The zero-order chi connectivity index (χ0) is 16.3. The fourth-order valence-electron chi connectivity index (χ4n) is 3.37. The van der Waals surface area contributed by atoms with E-state index in [1.165, 1.54) is 0 Å². The first-order valence-corrected chi connectivity index (χ1v) is 8.34. The second-order valence-corrected chi connectivity index (χ2v) is 6.62. The van der Waals surface area contributed by atoms with Crippen LogP contribution in [0.25, 0.3) is 0 Å². The summed E-state index contributed by atoms with van der Waals surface area (Å²) >= 11 is 0. The topological polar surface area (TPSA) is 70.8 Å². The van der Waals surface area contributed by atoms with Crippen molar-refractivity contribution in [3.8, 4) is 0 Å². The Hall–Kier alpha value is -1.44. The molecule has 2 aliphatic heterocycles. The van der Waals surface area contributed by atoms with Crippen molar-refractivity contribution in [1.29, 1.82) is 0 Å². The smallest absolute Gasteiger partial charge is 0.224 e. The van der Waals surface area contributed by atoms with Gasteiger partial charge in [-0.25, -0.2) is 0 Å². The Labute approximate surface area is 136 Å². The average Bonchev–Trinajstić information content (AvgIpc) is 3.12. The Morgan fingerprint density at radius 1 is 1.39 bits per heavy atom. The molecule has 0 saturated carbocycles. The van der Waals surface area contributed by atoms with Crippen molar-refractivity contribution in [2.45, 2.75) is 31.9 Å². The monoisotopic (exact) mass is 322 g/mol. The molecule has 1 aromatic heterocycles. The van der Waals surface area contributed by atoms with Crippen LogP contribution in [0.1, 0.15) is 18.5 Å². The van der Waals surface area contributed by atoms with Crippen LogP contribution in [0, 0.1) is 6.92 Å². The molecule has 1 N–H and O–H groups in total. The van der Waals surface area contributed by atoms with Crippen LogP contribution < -0.4 is 0 Å². The molecule has 0 aliphatic carbocycles. The summed E-state index contributed by atoms with van der Waals surface area (Å²) in [5.74, 6) is 0.0952. The fraction of sp³-hybridized carbons (Fsp3) is 0.750. The summed E-state index contributed by atoms with van der Waals surface area (Å²) in [6.07, 6.45) is 2.82. The quantitative estimate of drug-likeness (QED) is 0.818. The molecule has 1 atom stereocenters. The first-order chi connectivity index (χ1) is 11.1. The van der Waals surface area contributed by atoms with E-state index in [0.717, 1.165) is 32.0 Å². The lowest BCUT2D eigenvalue weighted by Crippen LogP contribution is -2.49. The van der Waals surface area contributed by atoms with Gasteiger partial charge in [0.15, 0.2) is 0 Å². The van der Waals surface area contributed by atoms with E-state index < -0.39 is 5.60 Å². The Morgan fingerprint density at radius 3 is 2.87 bits per heavy atom. The summed E-state index contributed by atoms with van der Waals surface area (Å²) in [4.78, 5) is 16.4. The molecule has 128 valence electrons. The van der Waals surface area contributed by atoms with E-state index in [1.54, 1.807) is 11.1 Å². The van der Waals surface area contributed by atoms with Crippen molar-refractivity contribution < 1.29 is 14.6 Å². The maximum Gasteiger partial charge on any atom is 0.224 e. The van der Waals surface area contributed by atoms with Crippen LogP contribution in [-0.2, 0) is 16.1 Å². The number of hydrogen-bond donors (Lipinski definition) is 1. The molecule has 2 aliphatic rings. The van der Waals surface area contributed by atoms with Gasteiger partial charge in [-0.05, 0) is 19.4 Å². The zero-order valence-electron chi connectivity index (χ0n) is 13.8. The number of likely N-dealkylation sites (tertiary alicyclic amines) is 1. The lowest BCUT2D eigenvalue weighted by molar-refractivity contribution is -0.131. The third-order valence-electron chi connectivity index (χ3n) is 4.77. The van der Waals surface area contributed by atoms with Gasteiger partial charge in [0.1, 0.15) is 0 Å². The molecule has 2 saturated heterocycles. The highest BCUT2D eigenvalue weighted by molar-refractivity contribution is 5.76. The van der Waals surface area contributed by atoms with E-state index in [9.17, 15) is 9.90 Å². The highest BCUT2D eigenvalue weighted by atomic mass is 16.5. The number of morpholine rings is 1.